The maximum Gasteiger partial charge on any atom is 0.218 e. The molecule has 0 saturated carbocycles. The molecule has 0 aromatic heterocycles. The van der Waals surface area contributed by atoms with E-state index in [2.05, 4.69) is 52.4 Å². The van der Waals surface area contributed by atoms with E-state index in [9.17, 15) is 9.59 Å². The second-order valence-corrected chi connectivity index (χ2v) is 65.5. The van der Waals surface area contributed by atoms with Crippen LogP contribution in [0.4, 0.5) is 0 Å². The zero-order chi connectivity index (χ0) is 22.2. The topological polar surface area (TPSA) is 40.6 Å². The van der Waals surface area contributed by atoms with Crippen molar-refractivity contribution in [2.24, 2.45) is 0 Å². The first-order chi connectivity index (χ1) is 11.7. The first kappa shape index (κ1) is 27.6. The van der Waals surface area contributed by atoms with E-state index in [0.717, 1.165) is 0 Å². The van der Waals surface area contributed by atoms with Gasteiger partial charge in [0, 0.05) is 40.3 Å². The summed E-state index contributed by atoms with van der Waals surface area (Å²) in [5, 5.41) is 0. The molecule has 160 valence electrons. The third kappa shape index (κ3) is 5.40. The van der Waals surface area contributed by atoms with Gasteiger partial charge in [0.25, 0.3) is 0 Å². The lowest BCUT2D eigenvalue weighted by Gasteiger charge is -2.57. The summed E-state index contributed by atoms with van der Waals surface area (Å²) in [5.41, 5.74) is 0. The molecule has 2 atom stereocenters. The molecule has 0 fully saturated rings. The average molecular weight is 504 g/mol. The van der Waals surface area contributed by atoms with Crippen LogP contribution in [0.15, 0.2) is 0 Å². The normalized spacial score (nSPS) is 17.7. The van der Waals surface area contributed by atoms with Crippen molar-refractivity contribution in [2.75, 3.05) is 26.4 Å². The molecule has 0 radical (unpaired) electrons. The molecule has 11 heteroatoms. The fourth-order valence-corrected chi connectivity index (χ4v) is 124. The van der Waals surface area contributed by atoms with Crippen LogP contribution in [0.5, 0.6) is 0 Å². The lowest BCUT2D eigenvalue weighted by atomic mass is 10.6. The monoisotopic (exact) mass is 502 g/mol. The summed E-state index contributed by atoms with van der Waals surface area (Å²) in [7, 11) is -1.98. The van der Waals surface area contributed by atoms with Gasteiger partial charge in [0.05, 0.1) is 22.3 Å². The van der Waals surface area contributed by atoms with Crippen LogP contribution in [0.2, 0.25) is 52.4 Å². The zero-order valence-corrected chi connectivity index (χ0v) is 25.9. The van der Waals surface area contributed by atoms with Crippen molar-refractivity contribution in [3.8, 4) is 0 Å². The highest BCUT2D eigenvalue weighted by molar-refractivity contribution is 8.04. The number of halogens is 2. The summed E-state index contributed by atoms with van der Waals surface area (Å²) in [5.74, 6) is 0.123. The number of hydrogen-bond acceptors (Lipinski definition) is 2. The minimum Gasteiger partial charge on any atom is -0.348 e. The summed E-state index contributed by atoms with van der Waals surface area (Å²) >= 11 is 15.5. The summed E-state index contributed by atoms with van der Waals surface area (Å²) in [6.07, 6.45) is -3.39. The van der Waals surface area contributed by atoms with Gasteiger partial charge in [-0.05, 0) is 0 Å². The van der Waals surface area contributed by atoms with E-state index in [0.29, 0.717) is 12.3 Å². The molecule has 0 aromatic carbocycles. The molecule has 2 amide bonds. The van der Waals surface area contributed by atoms with Crippen LogP contribution < -0.4 is 0 Å². The average Bonchev–Trinajstić information content (AvgIpc) is 2.43. The largest absolute Gasteiger partial charge is 0.348 e. The standard InChI is InChI=1S/C16H40Cl2N2O2Si5/c1-15(21)19(3)13-26(17,23(5,6)7)25(11,12)27(18,24(8,9)10)14-20(4)16(2)22/h13-14H2,1-12H3. The number of carbonyl (C=O) groups excluding carboxylic acids is 2. The van der Waals surface area contributed by atoms with Gasteiger partial charge in [0.1, 0.15) is 0 Å². The van der Waals surface area contributed by atoms with E-state index in [1.165, 1.54) is 0 Å². The number of nitrogens with zero attached hydrogens (tertiary/aromatic N) is 2. The summed E-state index contributed by atoms with van der Waals surface area (Å²) < 4.78 is 0. The first-order valence-corrected chi connectivity index (χ1v) is 29.9. The second-order valence-electron chi connectivity index (χ2n) is 10.5. The van der Waals surface area contributed by atoms with Crippen LogP contribution in [0.1, 0.15) is 13.8 Å². The molecule has 0 aliphatic carbocycles. The highest BCUT2D eigenvalue weighted by Gasteiger charge is 2.69. The van der Waals surface area contributed by atoms with E-state index < -0.39 is 35.1 Å². The Labute approximate surface area is 180 Å². The summed E-state index contributed by atoms with van der Waals surface area (Å²) in [6.45, 7) is 22.1. The molecule has 0 bridgehead atoms. The Morgan fingerprint density at radius 3 is 1.04 bits per heavy atom. The summed E-state index contributed by atoms with van der Waals surface area (Å²) in [6, 6.07) is 0. The van der Waals surface area contributed by atoms with Gasteiger partial charge in [-0.25, -0.2) is 0 Å². The minimum absolute atomic E-state index is 0.0614. The van der Waals surface area contributed by atoms with E-state index in [1.807, 2.05) is 23.9 Å². The SMILES string of the molecule is CC(=O)N(C)C[Si](Cl)([Si](C)(C)C)[Si](C)(C)[Si](Cl)(CN(C)C(C)=O)[Si](C)(C)C. The van der Waals surface area contributed by atoms with Crippen molar-refractivity contribution >= 4 is 69.1 Å². The van der Waals surface area contributed by atoms with Crippen LogP contribution in [-0.4, -0.2) is 83.2 Å². The van der Waals surface area contributed by atoms with Crippen molar-refractivity contribution in [3.05, 3.63) is 0 Å². The Balaban J connectivity index is 6.62. The van der Waals surface area contributed by atoms with Gasteiger partial charge in [0.2, 0.25) is 11.8 Å². The van der Waals surface area contributed by atoms with Crippen LogP contribution >= 0.6 is 22.2 Å². The van der Waals surface area contributed by atoms with Crippen molar-refractivity contribution in [1.29, 1.82) is 0 Å². The Bertz CT molecular complexity index is 532. The minimum atomic E-state index is -2.37. The molecule has 4 nitrogen and oxygen atoms in total. The second kappa shape index (κ2) is 8.77. The van der Waals surface area contributed by atoms with Gasteiger partial charge in [0.15, 0.2) is 12.8 Å². The predicted molar refractivity (Wildman–Crippen MR) is 134 cm³/mol. The van der Waals surface area contributed by atoms with E-state index in [-0.39, 0.29) is 11.8 Å². The lowest BCUT2D eigenvalue weighted by Crippen LogP contribution is -2.88. The molecule has 0 aliphatic rings. The quantitative estimate of drug-likeness (QED) is 0.370. The Kier molecular flexibility index (Phi) is 8.96. The van der Waals surface area contributed by atoms with Gasteiger partial charge in [-0.2, -0.15) is 22.2 Å². The molecule has 0 heterocycles. The number of amides is 2. The molecule has 0 rings (SSSR count). The van der Waals surface area contributed by atoms with E-state index in [1.54, 1.807) is 13.8 Å². The van der Waals surface area contributed by atoms with Crippen molar-refractivity contribution in [2.45, 2.75) is 66.2 Å². The van der Waals surface area contributed by atoms with Crippen molar-refractivity contribution in [3.63, 3.8) is 0 Å². The molecule has 0 aromatic rings. The first-order valence-electron chi connectivity index (χ1n) is 9.47. The fourth-order valence-electron chi connectivity index (χ4n) is 3.93. The summed E-state index contributed by atoms with van der Waals surface area (Å²) in [4.78, 5) is 27.7. The maximum absolute atomic E-state index is 12.0. The van der Waals surface area contributed by atoms with Crippen molar-refractivity contribution in [1.82, 2.24) is 9.80 Å². The Hall–Kier alpha value is 0.604. The highest BCUT2D eigenvalue weighted by Crippen LogP contribution is 2.44. The maximum atomic E-state index is 12.0. The number of rotatable bonds is 8. The fraction of sp³-hybridized carbons (Fsp3) is 0.875. The molecular weight excluding hydrogens is 464 g/mol. The predicted octanol–water partition coefficient (Wildman–Crippen LogP) is 4.09. The molecular formula is C16H40Cl2N2O2Si5. The Morgan fingerprint density at radius 2 is 0.889 bits per heavy atom. The molecule has 0 N–H and O–H groups in total. The third-order valence-electron chi connectivity index (χ3n) is 6.34. The Morgan fingerprint density at radius 1 is 0.667 bits per heavy atom. The molecule has 0 spiro atoms. The van der Waals surface area contributed by atoms with E-state index in [4.69, 9.17) is 22.2 Å². The number of hydrogen-bond donors (Lipinski definition) is 0. The third-order valence-corrected chi connectivity index (χ3v) is 104. The van der Waals surface area contributed by atoms with Crippen LogP contribution in [0, 0.1) is 0 Å². The van der Waals surface area contributed by atoms with Gasteiger partial charge in [-0.3, -0.25) is 9.59 Å². The lowest BCUT2D eigenvalue weighted by molar-refractivity contribution is -0.127. The molecule has 0 saturated heterocycles. The van der Waals surface area contributed by atoms with Gasteiger partial charge in [-0.1, -0.05) is 52.4 Å². The molecule has 0 aliphatic heterocycles. The highest BCUT2D eigenvalue weighted by atomic mass is 35.6. The van der Waals surface area contributed by atoms with Gasteiger partial charge >= 0.3 is 0 Å². The van der Waals surface area contributed by atoms with Gasteiger partial charge < -0.3 is 9.80 Å². The van der Waals surface area contributed by atoms with Crippen LogP contribution in [0.3, 0.4) is 0 Å². The van der Waals surface area contributed by atoms with E-state index >= 15 is 0 Å². The van der Waals surface area contributed by atoms with Crippen LogP contribution in [-0.2, 0) is 9.59 Å². The smallest absolute Gasteiger partial charge is 0.218 e. The molecule has 2 unspecified atom stereocenters. The zero-order valence-electron chi connectivity index (χ0n) is 19.4. The number of carbonyl (C=O) groups is 2. The van der Waals surface area contributed by atoms with Crippen LogP contribution in [0.25, 0.3) is 0 Å². The van der Waals surface area contributed by atoms with Gasteiger partial charge in [-0.15, -0.1) is 0 Å². The molecule has 27 heavy (non-hydrogen) atoms. The van der Waals surface area contributed by atoms with Crippen molar-refractivity contribution < 1.29 is 9.59 Å².